The van der Waals surface area contributed by atoms with Crippen molar-refractivity contribution in [2.24, 2.45) is 5.73 Å². The molecule has 1 aliphatic rings. The zero-order chi connectivity index (χ0) is 9.97. The van der Waals surface area contributed by atoms with Crippen LogP contribution in [0.15, 0.2) is 24.3 Å². The quantitative estimate of drug-likeness (QED) is 0.677. The van der Waals surface area contributed by atoms with Crippen molar-refractivity contribution in [1.82, 2.24) is 0 Å². The monoisotopic (exact) mass is 186 g/mol. The Kier molecular flexibility index (Phi) is 2.21. The van der Waals surface area contributed by atoms with E-state index in [4.69, 9.17) is 15.7 Å². The lowest BCUT2D eigenvalue weighted by molar-refractivity contribution is 0.134. The predicted molar refractivity (Wildman–Crippen MR) is 52.7 cm³/mol. The third kappa shape index (κ3) is 1.48. The number of benzene rings is 1. The second-order valence-corrected chi connectivity index (χ2v) is 3.21. The predicted octanol–water partition coefficient (Wildman–Crippen LogP) is 1.54. The molecule has 3 nitrogen and oxygen atoms in total. The summed E-state index contributed by atoms with van der Waals surface area (Å²) in [5.41, 5.74) is 9.46. The van der Waals surface area contributed by atoms with Crippen molar-refractivity contribution in [3.63, 3.8) is 0 Å². The van der Waals surface area contributed by atoms with E-state index >= 15 is 0 Å². The third-order valence-electron chi connectivity index (χ3n) is 2.27. The highest BCUT2D eigenvalue weighted by Gasteiger charge is 2.11. The van der Waals surface area contributed by atoms with Gasteiger partial charge in [-0.25, -0.2) is 0 Å². The minimum Gasteiger partial charge on any atom is -0.398 e. The van der Waals surface area contributed by atoms with Crippen molar-refractivity contribution in [3.8, 4) is 6.07 Å². The average molecular weight is 186 g/mol. The number of hydrogen-bond acceptors (Lipinski definition) is 3. The molecule has 0 spiro atoms. The largest absolute Gasteiger partial charge is 0.398 e. The topological polar surface area (TPSA) is 59.0 Å². The van der Waals surface area contributed by atoms with Crippen LogP contribution in [-0.4, -0.2) is 0 Å². The van der Waals surface area contributed by atoms with Crippen molar-refractivity contribution >= 4 is 5.70 Å². The molecule has 0 saturated carbocycles. The van der Waals surface area contributed by atoms with Crippen LogP contribution < -0.4 is 5.73 Å². The highest BCUT2D eigenvalue weighted by atomic mass is 16.5. The van der Waals surface area contributed by atoms with E-state index in [9.17, 15) is 0 Å². The van der Waals surface area contributed by atoms with E-state index in [1.807, 2.05) is 24.3 Å². The number of fused-ring (bicyclic) bond motifs is 1. The lowest BCUT2D eigenvalue weighted by Crippen LogP contribution is -1.97. The van der Waals surface area contributed by atoms with Crippen LogP contribution >= 0.6 is 0 Å². The van der Waals surface area contributed by atoms with Crippen LogP contribution in [0.25, 0.3) is 5.70 Å². The molecule has 0 aliphatic carbocycles. The van der Waals surface area contributed by atoms with Gasteiger partial charge in [-0.1, -0.05) is 12.1 Å². The van der Waals surface area contributed by atoms with Crippen molar-refractivity contribution < 1.29 is 4.74 Å². The van der Waals surface area contributed by atoms with Gasteiger partial charge >= 0.3 is 0 Å². The molecular formula is C11H10N2O. The van der Waals surface area contributed by atoms with E-state index in [1.54, 1.807) is 0 Å². The van der Waals surface area contributed by atoms with E-state index in [1.165, 1.54) is 11.6 Å². The van der Waals surface area contributed by atoms with E-state index in [0.29, 0.717) is 18.9 Å². The minimum absolute atomic E-state index is 0.502. The fourth-order valence-electron chi connectivity index (χ4n) is 1.50. The van der Waals surface area contributed by atoms with Crippen molar-refractivity contribution in [2.45, 2.75) is 13.2 Å². The first-order chi connectivity index (χ1) is 6.81. The Balaban J connectivity index is 2.39. The molecule has 2 N–H and O–H groups in total. The first kappa shape index (κ1) is 8.79. The van der Waals surface area contributed by atoms with E-state index < -0.39 is 0 Å². The number of rotatable bonds is 1. The molecule has 0 amide bonds. The molecular weight excluding hydrogens is 176 g/mol. The van der Waals surface area contributed by atoms with Crippen LogP contribution in [0.2, 0.25) is 0 Å². The summed E-state index contributed by atoms with van der Waals surface area (Å²) < 4.78 is 5.28. The summed E-state index contributed by atoms with van der Waals surface area (Å²) in [5.74, 6) is 0. The van der Waals surface area contributed by atoms with Gasteiger partial charge in [0, 0.05) is 11.8 Å². The third-order valence-corrected chi connectivity index (χ3v) is 2.27. The minimum atomic E-state index is 0.502. The number of ether oxygens (including phenoxy) is 1. The van der Waals surface area contributed by atoms with Gasteiger partial charge in [-0.3, -0.25) is 0 Å². The van der Waals surface area contributed by atoms with Gasteiger partial charge in [0.15, 0.2) is 0 Å². The Bertz CT molecular complexity index is 429. The zero-order valence-corrected chi connectivity index (χ0v) is 7.66. The van der Waals surface area contributed by atoms with Gasteiger partial charge in [0.25, 0.3) is 0 Å². The number of allylic oxidation sites excluding steroid dienone is 1. The SMILES string of the molecule is N#C/C=C(/N)c1ccc2c(c1)COC2. The maximum Gasteiger partial charge on any atom is 0.0933 e. The van der Waals surface area contributed by atoms with E-state index in [2.05, 4.69) is 0 Å². The molecule has 70 valence electrons. The normalized spacial score (nSPS) is 14.9. The first-order valence-electron chi connectivity index (χ1n) is 4.36. The van der Waals surface area contributed by atoms with Crippen LogP contribution in [0.4, 0.5) is 0 Å². The van der Waals surface area contributed by atoms with Gasteiger partial charge in [-0.15, -0.1) is 0 Å². The molecule has 2 rings (SSSR count). The Morgan fingerprint density at radius 1 is 1.43 bits per heavy atom. The zero-order valence-electron chi connectivity index (χ0n) is 7.66. The molecule has 0 fully saturated rings. The summed E-state index contributed by atoms with van der Waals surface area (Å²) in [6, 6.07) is 7.80. The van der Waals surface area contributed by atoms with Crippen molar-refractivity contribution in [2.75, 3.05) is 0 Å². The number of nitrogens with zero attached hydrogens (tertiary/aromatic N) is 1. The van der Waals surface area contributed by atoms with Crippen molar-refractivity contribution in [1.29, 1.82) is 5.26 Å². The van der Waals surface area contributed by atoms with Gasteiger partial charge in [-0.2, -0.15) is 5.26 Å². The number of nitriles is 1. The summed E-state index contributed by atoms with van der Waals surface area (Å²) in [6.45, 7) is 1.32. The molecule has 0 atom stereocenters. The molecule has 1 aromatic carbocycles. The fourth-order valence-corrected chi connectivity index (χ4v) is 1.50. The van der Waals surface area contributed by atoms with Crippen LogP contribution in [-0.2, 0) is 18.0 Å². The second-order valence-electron chi connectivity index (χ2n) is 3.21. The molecule has 1 heterocycles. The summed E-state index contributed by atoms with van der Waals surface area (Å²) in [7, 11) is 0. The van der Waals surface area contributed by atoms with Crippen LogP contribution in [0.3, 0.4) is 0 Å². The van der Waals surface area contributed by atoms with Gasteiger partial charge in [-0.05, 0) is 22.8 Å². The maximum atomic E-state index is 8.46. The highest BCUT2D eigenvalue weighted by molar-refractivity contribution is 5.65. The van der Waals surface area contributed by atoms with Gasteiger partial charge in [0.2, 0.25) is 0 Å². The molecule has 1 aliphatic heterocycles. The van der Waals surface area contributed by atoms with Gasteiger partial charge < -0.3 is 10.5 Å². The highest BCUT2D eigenvalue weighted by Crippen LogP contribution is 2.22. The van der Waals surface area contributed by atoms with Crippen molar-refractivity contribution in [3.05, 3.63) is 41.0 Å². The lowest BCUT2D eigenvalue weighted by atomic mass is 10.0. The summed E-state index contributed by atoms with van der Waals surface area (Å²) in [4.78, 5) is 0. The van der Waals surface area contributed by atoms with Crippen LogP contribution in [0.5, 0.6) is 0 Å². The molecule has 0 bridgehead atoms. The fraction of sp³-hybridized carbons (Fsp3) is 0.182. The molecule has 0 unspecified atom stereocenters. The average Bonchev–Trinajstić information content (AvgIpc) is 2.64. The Morgan fingerprint density at radius 2 is 2.21 bits per heavy atom. The maximum absolute atomic E-state index is 8.46. The lowest BCUT2D eigenvalue weighted by Gasteiger charge is -2.02. The summed E-state index contributed by atoms with van der Waals surface area (Å²) >= 11 is 0. The number of hydrogen-bond donors (Lipinski definition) is 1. The molecule has 0 saturated heterocycles. The Morgan fingerprint density at radius 3 is 3.00 bits per heavy atom. The van der Waals surface area contributed by atoms with Gasteiger partial charge in [0.05, 0.1) is 19.3 Å². The van der Waals surface area contributed by atoms with E-state index in [0.717, 1.165) is 11.1 Å². The summed E-state index contributed by atoms with van der Waals surface area (Å²) in [5, 5.41) is 8.46. The molecule has 0 aromatic heterocycles. The van der Waals surface area contributed by atoms with Gasteiger partial charge in [0.1, 0.15) is 0 Å². The Hall–Kier alpha value is -1.79. The smallest absolute Gasteiger partial charge is 0.0933 e. The molecule has 1 aromatic rings. The molecule has 0 radical (unpaired) electrons. The standard InChI is InChI=1S/C11H10N2O/c12-4-3-11(13)8-1-2-9-6-14-7-10(9)5-8/h1-3,5H,6-7,13H2/b11-3+. The van der Waals surface area contributed by atoms with Crippen LogP contribution in [0, 0.1) is 11.3 Å². The Labute approximate surface area is 82.4 Å². The first-order valence-corrected chi connectivity index (χ1v) is 4.36. The molecule has 3 heteroatoms. The van der Waals surface area contributed by atoms with E-state index in [-0.39, 0.29) is 0 Å². The number of nitrogens with two attached hydrogens (primary N) is 1. The molecule has 14 heavy (non-hydrogen) atoms. The summed E-state index contributed by atoms with van der Waals surface area (Å²) in [6.07, 6.45) is 1.34. The van der Waals surface area contributed by atoms with Crippen LogP contribution in [0.1, 0.15) is 16.7 Å². The second kappa shape index (κ2) is 3.52.